The molecule has 46 heavy (non-hydrogen) atoms. The zero-order chi connectivity index (χ0) is 33.7. The lowest BCUT2D eigenvalue weighted by Gasteiger charge is -2.31. The van der Waals surface area contributed by atoms with Gasteiger partial charge in [-0.1, -0.05) is 95.1 Å². The van der Waals surface area contributed by atoms with Gasteiger partial charge in [0.2, 0.25) is 5.91 Å². The van der Waals surface area contributed by atoms with Crippen LogP contribution in [0.4, 0.5) is 0 Å². The zero-order valence-corrected chi connectivity index (χ0v) is 30.4. The van der Waals surface area contributed by atoms with Crippen LogP contribution in [0, 0.1) is 25.7 Å². The van der Waals surface area contributed by atoms with Gasteiger partial charge >= 0.3 is 0 Å². The van der Waals surface area contributed by atoms with Crippen LogP contribution in [0.15, 0.2) is 59.6 Å². The molecule has 1 aliphatic rings. The molecule has 0 bridgehead atoms. The molecule has 2 aromatic carbocycles. The van der Waals surface area contributed by atoms with Crippen molar-refractivity contribution in [2.24, 2.45) is 16.8 Å². The summed E-state index contributed by atoms with van der Waals surface area (Å²) in [6.07, 6.45) is 13.0. The molecule has 1 heterocycles. The average molecular weight is 631 g/mol. The molecule has 1 fully saturated rings. The van der Waals surface area contributed by atoms with Gasteiger partial charge in [-0.05, 0) is 126 Å². The van der Waals surface area contributed by atoms with E-state index in [0.29, 0.717) is 30.2 Å². The van der Waals surface area contributed by atoms with Crippen molar-refractivity contribution in [3.8, 4) is 0 Å². The van der Waals surface area contributed by atoms with Crippen LogP contribution < -0.4 is 10.6 Å². The molecule has 1 aliphatic heterocycles. The topological polar surface area (TPSA) is 56.7 Å². The Balaban J connectivity index is 0.000000797. The van der Waals surface area contributed by atoms with Crippen LogP contribution in [0.25, 0.3) is 5.70 Å². The van der Waals surface area contributed by atoms with E-state index in [9.17, 15) is 4.79 Å². The number of likely N-dealkylation sites (tertiary alicyclic amines) is 1. The van der Waals surface area contributed by atoms with Crippen LogP contribution >= 0.6 is 0 Å². The Kier molecular flexibility index (Phi) is 19.5. The summed E-state index contributed by atoms with van der Waals surface area (Å²) in [6.45, 7) is 21.6. The summed E-state index contributed by atoms with van der Waals surface area (Å²) in [7, 11) is 2.02. The minimum Gasteiger partial charge on any atom is -0.353 e. The number of nitrogens with zero attached hydrogens (tertiary/aromatic N) is 2. The molecule has 0 radical (unpaired) electrons. The van der Waals surface area contributed by atoms with E-state index in [-0.39, 0.29) is 5.91 Å². The minimum atomic E-state index is 0.221. The summed E-state index contributed by atoms with van der Waals surface area (Å²) in [5, 5.41) is 6.52. The number of hydrogen-bond acceptors (Lipinski definition) is 4. The maximum Gasteiger partial charge on any atom is 0.220 e. The fraction of sp³-hybridized carbons (Fsp3) is 0.610. The summed E-state index contributed by atoms with van der Waals surface area (Å²) in [4.78, 5) is 19.4. The van der Waals surface area contributed by atoms with Gasteiger partial charge in [-0.15, -0.1) is 0 Å². The number of aryl methyl sites for hydroxylation is 2. The first-order valence-corrected chi connectivity index (χ1v) is 18.2. The average Bonchev–Trinajstić information content (AvgIpc) is 3.08. The Hall–Kier alpha value is -2.76. The molecule has 256 valence electrons. The molecule has 1 saturated heterocycles. The lowest BCUT2D eigenvalue weighted by Crippen LogP contribution is -2.44. The van der Waals surface area contributed by atoms with E-state index < -0.39 is 0 Å². The number of nitrogens with one attached hydrogen (secondary N) is 2. The van der Waals surface area contributed by atoms with Crippen LogP contribution in [-0.2, 0) is 4.79 Å². The molecule has 0 aliphatic carbocycles. The predicted octanol–water partition coefficient (Wildman–Crippen LogP) is 9.35. The fourth-order valence-corrected chi connectivity index (χ4v) is 6.51. The molecule has 3 atom stereocenters. The number of rotatable bonds is 18. The molecular formula is C41H66N4O. The second kappa shape index (κ2) is 22.7. The van der Waals surface area contributed by atoms with E-state index in [1.165, 1.54) is 36.0 Å². The highest BCUT2D eigenvalue weighted by Gasteiger charge is 2.20. The van der Waals surface area contributed by atoms with Gasteiger partial charge < -0.3 is 15.5 Å². The quantitative estimate of drug-likeness (QED) is 0.127. The molecule has 5 nitrogen and oxygen atoms in total. The van der Waals surface area contributed by atoms with Crippen molar-refractivity contribution >= 4 is 18.3 Å². The number of benzene rings is 2. The van der Waals surface area contributed by atoms with Crippen molar-refractivity contribution in [2.45, 2.75) is 118 Å². The van der Waals surface area contributed by atoms with Crippen molar-refractivity contribution in [1.29, 1.82) is 0 Å². The van der Waals surface area contributed by atoms with E-state index in [0.717, 1.165) is 76.0 Å². The molecule has 2 aromatic rings. The van der Waals surface area contributed by atoms with E-state index >= 15 is 0 Å². The molecular weight excluding hydrogens is 564 g/mol. The standard InChI is InChI=1S/C33H56N4O.C8H10/c1-7-27(14-12-15-33(38)36-31-20-23-37(9-3)24-21-31)29-16-18-30(19-17-29)32(35-6)25-28(8-2)26(4)13-10-11-22-34-5;1-7-5-3-4-6-8(7)2/h16-19,25-28,31,34H,6-15,20-24H2,1-5H3,(H,36,38);3-6H,1-2H3/b32-25-;. The van der Waals surface area contributed by atoms with Crippen molar-refractivity contribution in [3.05, 3.63) is 76.9 Å². The number of allylic oxidation sites excluding steroid dienone is 1. The fourth-order valence-electron chi connectivity index (χ4n) is 6.51. The van der Waals surface area contributed by atoms with Gasteiger partial charge in [0.25, 0.3) is 0 Å². The molecule has 3 rings (SSSR count). The monoisotopic (exact) mass is 631 g/mol. The van der Waals surface area contributed by atoms with Crippen molar-refractivity contribution < 1.29 is 4.79 Å². The maximum absolute atomic E-state index is 12.5. The molecule has 0 saturated carbocycles. The van der Waals surface area contributed by atoms with Crippen LogP contribution in [0.3, 0.4) is 0 Å². The Morgan fingerprint density at radius 2 is 1.61 bits per heavy atom. The summed E-state index contributed by atoms with van der Waals surface area (Å²) < 4.78 is 0. The predicted molar refractivity (Wildman–Crippen MR) is 201 cm³/mol. The second-order valence-electron chi connectivity index (χ2n) is 13.3. The van der Waals surface area contributed by atoms with E-state index in [4.69, 9.17) is 0 Å². The number of carbonyl (C=O) groups excluding carboxylic acids is 1. The van der Waals surface area contributed by atoms with Crippen LogP contribution in [-0.4, -0.2) is 56.8 Å². The van der Waals surface area contributed by atoms with Gasteiger partial charge in [0.15, 0.2) is 0 Å². The first kappa shape index (κ1) is 39.4. The third kappa shape index (κ3) is 14.3. The van der Waals surface area contributed by atoms with E-state index in [2.05, 4.69) is 123 Å². The Morgan fingerprint density at radius 3 is 2.13 bits per heavy atom. The van der Waals surface area contributed by atoms with Gasteiger partial charge in [-0.3, -0.25) is 9.79 Å². The maximum atomic E-state index is 12.5. The van der Waals surface area contributed by atoms with Gasteiger partial charge in [-0.25, -0.2) is 0 Å². The first-order valence-electron chi connectivity index (χ1n) is 18.2. The highest BCUT2D eigenvalue weighted by molar-refractivity contribution is 5.76. The number of hydrogen-bond donors (Lipinski definition) is 2. The van der Waals surface area contributed by atoms with Gasteiger partial charge in [0.1, 0.15) is 0 Å². The molecule has 1 amide bonds. The van der Waals surface area contributed by atoms with Gasteiger partial charge in [-0.2, -0.15) is 0 Å². The summed E-state index contributed by atoms with van der Waals surface area (Å²) in [5.41, 5.74) is 6.24. The SMILES string of the molecule is C=N/C(=C\C(CC)C(C)CCCCNC)c1ccc(C(CC)CCCC(=O)NC2CCN(CC)CC2)cc1.Cc1ccccc1C. The Labute approximate surface area is 282 Å². The van der Waals surface area contributed by atoms with E-state index in [1.54, 1.807) is 0 Å². The first-order chi connectivity index (χ1) is 22.3. The lowest BCUT2D eigenvalue weighted by molar-refractivity contribution is -0.122. The molecule has 3 unspecified atom stereocenters. The third-order valence-electron chi connectivity index (χ3n) is 10.0. The molecule has 2 N–H and O–H groups in total. The van der Waals surface area contributed by atoms with E-state index in [1.807, 2.05) is 7.05 Å². The number of carbonyl (C=O) groups is 1. The Bertz CT molecular complexity index is 1130. The van der Waals surface area contributed by atoms with Gasteiger partial charge in [0.05, 0.1) is 5.70 Å². The molecule has 0 aromatic heterocycles. The van der Waals surface area contributed by atoms with Crippen molar-refractivity contribution in [1.82, 2.24) is 15.5 Å². The number of unbranched alkanes of at least 4 members (excludes halogenated alkanes) is 1. The summed E-state index contributed by atoms with van der Waals surface area (Å²) in [6, 6.07) is 17.6. The number of aliphatic imine (C=N–C) groups is 1. The third-order valence-corrected chi connectivity index (χ3v) is 10.0. The number of piperidine rings is 1. The summed E-state index contributed by atoms with van der Waals surface area (Å²) in [5.74, 6) is 1.85. The molecule has 5 heteroatoms. The van der Waals surface area contributed by atoms with Crippen molar-refractivity contribution in [2.75, 3.05) is 33.2 Å². The normalized spacial score (nSPS) is 16.2. The highest BCUT2D eigenvalue weighted by atomic mass is 16.1. The van der Waals surface area contributed by atoms with Crippen LogP contribution in [0.5, 0.6) is 0 Å². The smallest absolute Gasteiger partial charge is 0.220 e. The minimum absolute atomic E-state index is 0.221. The largest absolute Gasteiger partial charge is 0.353 e. The van der Waals surface area contributed by atoms with Crippen LogP contribution in [0.2, 0.25) is 0 Å². The molecule has 0 spiro atoms. The van der Waals surface area contributed by atoms with Crippen LogP contribution in [0.1, 0.15) is 120 Å². The van der Waals surface area contributed by atoms with Gasteiger partial charge in [0, 0.05) is 25.6 Å². The van der Waals surface area contributed by atoms with Crippen molar-refractivity contribution in [3.63, 3.8) is 0 Å². The Morgan fingerprint density at radius 1 is 0.957 bits per heavy atom. The lowest BCUT2D eigenvalue weighted by atomic mass is 9.86. The zero-order valence-electron chi connectivity index (χ0n) is 30.4. The summed E-state index contributed by atoms with van der Waals surface area (Å²) >= 11 is 0. The highest BCUT2D eigenvalue weighted by Crippen LogP contribution is 2.30. The number of amides is 1. The second-order valence-corrected chi connectivity index (χ2v) is 13.3.